The molecule has 0 bridgehead atoms. The van der Waals surface area contributed by atoms with Crippen LogP contribution in [0.15, 0.2) is 30.5 Å². The van der Waals surface area contributed by atoms with Gasteiger partial charge in [0.1, 0.15) is 5.82 Å². The third kappa shape index (κ3) is 2.92. The number of likely N-dealkylation sites (N-methyl/N-ethyl adjacent to an activating group) is 1. The molecule has 2 aromatic rings. The molecule has 1 atom stereocenters. The van der Waals surface area contributed by atoms with Gasteiger partial charge >= 0.3 is 0 Å². The maximum atomic E-state index is 13.7. The van der Waals surface area contributed by atoms with E-state index in [1.165, 1.54) is 6.42 Å². The van der Waals surface area contributed by atoms with Crippen LogP contribution in [-0.4, -0.2) is 36.1 Å². The molecule has 1 N–H and O–H groups in total. The first-order chi connectivity index (χ1) is 9.28. The number of rotatable bonds is 3. The third-order valence-electron chi connectivity index (χ3n) is 3.87. The molecular weight excluding hydrogens is 277 g/mol. The molecule has 1 aliphatic heterocycles. The number of aromatic nitrogens is 1. The van der Waals surface area contributed by atoms with Crippen molar-refractivity contribution < 1.29 is 4.39 Å². The van der Waals surface area contributed by atoms with Gasteiger partial charge in [0, 0.05) is 37.3 Å². The van der Waals surface area contributed by atoms with Crippen molar-refractivity contribution in [3.8, 4) is 0 Å². The van der Waals surface area contributed by atoms with Crippen LogP contribution in [-0.2, 0) is 6.54 Å². The summed E-state index contributed by atoms with van der Waals surface area (Å²) in [4.78, 5) is 6.73. The number of fused-ring (bicyclic) bond motifs is 1. The molecule has 1 aromatic heterocycles. The highest BCUT2D eigenvalue weighted by atomic mass is 35.5. The number of likely N-dealkylation sites (tertiary alicyclic amines) is 1. The smallest absolute Gasteiger partial charge is 0.132 e. The van der Waals surface area contributed by atoms with Gasteiger partial charge in [-0.3, -0.25) is 9.88 Å². The third-order valence-corrected chi connectivity index (χ3v) is 3.87. The van der Waals surface area contributed by atoms with E-state index in [2.05, 4.69) is 15.2 Å². The van der Waals surface area contributed by atoms with E-state index in [0.717, 1.165) is 30.7 Å². The molecule has 1 saturated heterocycles. The normalized spacial score (nSPS) is 19.2. The predicted molar refractivity (Wildman–Crippen MR) is 81.7 cm³/mol. The Morgan fingerprint density at radius 2 is 2.25 bits per heavy atom. The molecule has 5 heteroatoms. The van der Waals surface area contributed by atoms with Gasteiger partial charge in [0.05, 0.1) is 5.52 Å². The van der Waals surface area contributed by atoms with Gasteiger partial charge < -0.3 is 5.32 Å². The van der Waals surface area contributed by atoms with Crippen LogP contribution >= 0.6 is 12.4 Å². The van der Waals surface area contributed by atoms with Gasteiger partial charge in [-0.1, -0.05) is 6.07 Å². The molecule has 0 radical (unpaired) electrons. The summed E-state index contributed by atoms with van der Waals surface area (Å²) in [6, 6.07) is 7.55. The van der Waals surface area contributed by atoms with E-state index in [1.807, 2.05) is 13.1 Å². The number of nitrogens with zero attached hydrogens (tertiary/aromatic N) is 2. The highest BCUT2D eigenvalue weighted by Crippen LogP contribution is 2.22. The molecule has 0 amide bonds. The molecule has 3 nitrogen and oxygen atoms in total. The SMILES string of the molecule is CNC1CCN(Cc2ccc(F)c3cccnc23)C1.Cl. The number of pyridine rings is 1. The Labute approximate surface area is 124 Å². The first-order valence-corrected chi connectivity index (χ1v) is 6.69. The predicted octanol–water partition coefficient (Wildman–Crippen LogP) is 2.59. The molecule has 1 aromatic carbocycles. The second-order valence-electron chi connectivity index (χ2n) is 5.12. The van der Waals surface area contributed by atoms with Crippen LogP contribution in [0.4, 0.5) is 4.39 Å². The molecule has 108 valence electrons. The first kappa shape index (κ1) is 15.2. The van der Waals surface area contributed by atoms with Crippen LogP contribution in [0.3, 0.4) is 0 Å². The van der Waals surface area contributed by atoms with E-state index in [4.69, 9.17) is 0 Å². The zero-order valence-corrected chi connectivity index (χ0v) is 12.3. The quantitative estimate of drug-likeness (QED) is 0.943. The summed E-state index contributed by atoms with van der Waals surface area (Å²) >= 11 is 0. The van der Waals surface area contributed by atoms with E-state index in [0.29, 0.717) is 11.4 Å². The Bertz CT molecular complexity index is 590. The molecule has 1 aliphatic rings. The van der Waals surface area contributed by atoms with Gasteiger partial charge in [-0.2, -0.15) is 0 Å². The minimum Gasteiger partial charge on any atom is -0.316 e. The summed E-state index contributed by atoms with van der Waals surface area (Å²) in [6.07, 6.45) is 2.90. The number of halogens is 2. The van der Waals surface area contributed by atoms with Crippen LogP contribution in [0, 0.1) is 5.82 Å². The minimum atomic E-state index is -0.193. The van der Waals surface area contributed by atoms with Crippen LogP contribution in [0.25, 0.3) is 10.9 Å². The van der Waals surface area contributed by atoms with Crippen LogP contribution in [0.1, 0.15) is 12.0 Å². The summed E-state index contributed by atoms with van der Waals surface area (Å²) in [6.45, 7) is 2.96. The lowest BCUT2D eigenvalue weighted by molar-refractivity contribution is 0.323. The minimum absolute atomic E-state index is 0. The standard InChI is InChI=1S/C15H18FN3.ClH/c1-17-12-6-8-19(10-12)9-11-4-5-14(16)13-3-2-7-18-15(11)13;/h2-5,7,12,17H,6,8-10H2,1H3;1H. The summed E-state index contributed by atoms with van der Waals surface area (Å²) in [5.41, 5.74) is 1.89. The zero-order chi connectivity index (χ0) is 13.2. The molecule has 1 fully saturated rings. The lowest BCUT2D eigenvalue weighted by Crippen LogP contribution is -2.29. The Morgan fingerprint density at radius 1 is 1.40 bits per heavy atom. The van der Waals surface area contributed by atoms with E-state index in [-0.39, 0.29) is 18.2 Å². The number of hydrogen-bond acceptors (Lipinski definition) is 3. The van der Waals surface area contributed by atoms with E-state index in [1.54, 1.807) is 24.4 Å². The molecule has 1 unspecified atom stereocenters. The summed E-state index contributed by atoms with van der Waals surface area (Å²) in [5.74, 6) is -0.193. The number of benzene rings is 1. The lowest BCUT2D eigenvalue weighted by atomic mass is 10.1. The van der Waals surface area contributed by atoms with Crippen molar-refractivity contribution in [3.05, 3.63) is 41.8 Å². The second kappa shape index (κ2) is 6.48. The van der Waals surface area contributed by atoms with Gasteiger partial charge in [0.2, 0.25) is 0 Å². The van der Waals surface area contributed by atoms with Crippen molar-refractivity contribution in [1.29, 1.82) is 0 Å². The maximum absolute atomic E-state index is 13.7. The van der Waals surface area contributed by atoms with Gasteiger partial charge in [-0.05, 0) is 37.2 Å². The highest BCUT2D eigenvalue weighted by molar-refractivity contribution is 5.85. The zero-order valence-electron chi connectivity index (χ0n) is 11.5. The molecule has 2 heterocycles. The maximum Gasteiger partial charge on any atom is 0.132 e. The fourth-order valence-electron chi connectivity index (χ4n) is 2.78. The molecule has 0 saturated carbocycles. The molecule has 3 rings (SSSR count). The Kier molecular flexibility index (Phi) is 4.91. The van der Waals surface area contributed by atoms with Crippen molar-refractivity contribution >= 4 is 23.3 Å². The van der Waals surface area contributed by atoms with Crippen molar-refractivity contribution in [2.75, 3.05) is 20.1 Å². The van der Waals surface area contributed by atoms with Gasteiger partial charge in [0.15, 0.2) is 0 Å². The average molecular weight is 296 g/mol. The van der Waals surface area contributed by atoms with Crippen molar-refractivity contribution in [3.63, 3.8) is 0 Å². The van der Waals surface area contributed by atoms with E-state index >= 15 is 0 Å². The van der Waals surface area contributed by atoms with E-state index < -0.39 is 0 Å². The fourth-order valence-corrected chi connectivity index (χ4v) is 2.78. The van der Waals surface area contributed by atoms with Crippen LogP contribution in [0.5, 0.6) is 0 Å². The van der Waals surface area contributed by atoms with Gasteiger partial charge in [0.25, 0.3) is 0 Å². The average Bonchev–Trinajstić information content (AvgIpc) is 2.90. The van der Waals surface area contributed by atoms with Gasteiger partial charge in [-0.15, -0.1) is 12.4 Å². The highest BCUT2D eigenvalue weighted by Gasteiger charge is 2.21. The van der Waals surface area contributed by atoms with Crippen molar-refractivity contribution in [2.24, 2.45) is 0 Å². The fraction of sp³-hybridized carbons (Fsp3) is 0.400. The van der Waals surface area contributed by atoms with E-state index in [9.17, 15) is 4.39 Å². The topological polar surface area (TPSA) is 28.2 Å². The lowest BCUT2D eigenvalue weighted by Gasteiger charge is -2.17. The monoisotopic (exact) mass is 295 g/mol. The number of nitrogens with one attached hydrogen (secondary N) is 1. The Balaban J connectivity index is 0.00000147. The summed E-state index contributed by atoms with van der Waals surface area (Å²) in [5, 5.41) is 3.92. The molecule has 0 aliphatic carbocycles. The van der Waals surface area contributed by atoms with Crippen LogP contribution in [0.2, 0.25) is 0 Å². The first-order valence-electron chi connectivity index (χ1n) is 6.69. The van der Waals surface area contributed by atoms with Crippen molar-refractivity contribution in [1.82, 2.24) is 15.2 Å². The molecular formula is C15H19ClFN3. The second-order valence-corrected chi connectivity index (χ2v) is 5.12. The van der Waals surface area contributed by atoms with Crippen molar-refractivity contribution in [2.45, 2.75) is 19.0 Å². The Hall–Kier alpha value is -1.23. The Morgan fingerprint density at radius 3 is 3.00 bits per heavy atom. The summed E-state index contributed by atoms with van der Waals surface area (Å²) < 4.78 is 13.7. The summed E-state index contributed by atoms with van der Waals surface area (Å²) in [7, 11) is 2.00. The molecule has 0 spiro atoms. The molecule has 20 heavy (non-hydrogen) atoms. The van der Waals surface area contributed by atoms with Gasteiger partial charge in [-0.25, -0.2) is 4.39 Å². The van der Waals surface area contributed by atoms with Crippen LogP contribution < -0.4 is 5.32 Å². The number of hydrogen-bond donors (Lipinski definition) is 1. The largest absolute Gasteiger partial charge is 0.316 e.